The number of hydrogen-bond donors (Lipinski definition) is 2. The van der Waals surface area contributed by atoms with Crippen LogP contribution in [-0.4, -0.2) is 22.3 Å². The number of carboxylic acid groups (broad SMARTS) is 1. The van der Waals surface area contributed by atoms with E-state index in [1.807, 2.05) is 42.5 Å². The Labute approximate surface area is 203 Å². The summed E-state index contributed by atoms with van der Waals surface area (Å²) in [6.07, 6.45) is 0.337. The lowest BCUT2D eigenvalue weighted by Gasteiger charge is -2.13. The summed E-state index contributed by atoms with van der Waals surface area (Å²) in [7, 11) is 0. The first-order valence-electron chi connectivity index (χ1n) is 10.6. The molecule has 34 heavy (non-hydrogen) atoms. The molecule has 0 radical (unpaired) electrons. The van der Waals surface area contributed by atoms with Crippen molar-refractivity contribution >= 4 is 49.8 Å². The van der Waals surface area contributed by atoms with Crippen LogP contribution in [0.4, 0.5) is 10.5 Å². The zero-order valence-corrected chi connectivity index (χ0v) is 20.0. The number of nitrogens with zero attached hydrogens (tertiary/aromatic N) is 1. The number of amides is 1. The zero-order chi connectivity index (χ0) is 23.9. The third-order valence-electron chi connectivity index (χ3n) is 5.78. The highest BCUT2D eigenvalue weighted by molar-refractivity contribution is 7.28. The van der Waals surface area contributed by atoms with Crippen LogP contribution in [0.1, 0.15) is 52.6 Å². The first-order valence-corrected chi connectivity index (χ1v) is 12.3. The van der Waals surface area contributed by atoms with E-state index < -0.39 is 23.6 Å². The molecule has 1 amide bonds. The Hall–Kier alpha value is -3.61. The van der Waals surface area contributed by atoms with Crippen LogP contribution in [0.25, 0.3) is 9.40 Å². The van der Waals surface area contributed by atoms with Gasteiger partial charge in [-0.1, -0.05) is 35.5 Å². The average Bonchev–Trinajstić information content (AvgIpc) is 3.26. The second kappa shape index (κ2) is 8.63. The molecule has 0 saturated heterocycles. The molecule has 1 atom stereocenters. The number of anilines is 1. The summed E-state index contributed by atoms with van der Waals surface area (Å²) in [5, 5.41) is 16.1. The van der Waals surface area contributed by atoms with Gasteiger partial charge in [-0.3, -0.25) is 10.1 Å². The van der Waals surface area contributed by atoms with Crippen molar-refractivity contribution in [1.82, 2.24) is 5.16 Å². The van der Waals surface area contributed by atoms with Crippen molar-refractivity contribution in [3.8, 4) is 11.8 Å². The lowest BCUT2D eigenvalue weighted by molar-refractivity contribution is -0.139. The molecule has 172 valence electrons. The number of carbonyl (C=O) groups excluding carboxylic acids is 1. The van der Waals surface area contributed by atoms with E-state index in [2.05, 4.69) is 22.3 Å². The number of carboxylic acids is 1. The molecule has 4 aromatic rings. The highest BCUT2D eigenvalue weighted by Gasteiger charge is 2.53. The standard InChI is InChI=1S/C25H20N2O5S2/c1-14-22(26-24(30)31-15(2)16-6-4-3-5-7-16)18(32-27-14)9-8-17-12-19-20(33-17)13-21(34-19)25(10-11-25)23(28)29/h3-7,12-13,15H,10-11H2,1-2H3,(H,26,30)(H,28,29). The van der Waals surface area contributed by atoms with Crippen molar-refractivity contribution in [3.63, 3.8) is 0 Å². The van der Waals surface area contributed by atoms with E-state index in [1.54, 1.807) is 13.8 Å². The van der Waals surface area contributed by atoms with Crippen LogP contribution in [0, 0.1) is 18.8 Å². The molecule has 5 rings (SSSR count). The van der Waals surface area contributed by atoms with E-state index in [1.165, 1.54) is 22.7 Å². The van der Waals surface area contributed by atoms with Crippen LogP contribution >= 0.6 is 22.7 Å². The summed E-state index contributed by atoms with van der Waals surface area (Å²) >= 11 is 3.00. The Balaban J connectivity index is 1.30. The molecular weight excluding hydrogens is 472 g/mol. The Bertz CT molecular complexity index is 1420. The first kappa shape index (κ1) is 22.2. The third kappa shape index (κ3) is 4.18. The maximum absolute atomic E-state index is 12.4. The second-order valence-corrected chi connectivity index (χ2v) is 10.3. The van der Waals surface area contributed by atoms with Crippen molar-refractivity contribution in [3.05, 3.63) is 69.2 Å². The molecular formula is C25H20N2O5S2. The normalized spacial score (nSPS) is 14.8. The minimum atomic E-state index is -0.751. The molecule has 1 aliphatic rings. The van der Waals surface area contributed by atoms with E-state index >= 15 is 0 Å². The van der Waals surface area contributed by atoms with Gasteiger partial charge in [0.25, 0.3) is 0 Å². The monoisotopic (exact) mass is 492 g/mol. The van der Waals surface area contributed by atoms with Gasteiger partial charge in [0.05, 0.1) is 4.88 Å². The predicted octanol–water partition coefficient (Wildman–Crippen LogP) is 6.08. The molecule has 3 aromatic heterocycles. The van der Waals surface area contributed by atoms with Crippen LogP contribution in [0.3, 0.4) is 0 Å². The molecule has 3 heterocycles. The number of hydrogen-bond acceptors (Lipinski definition) is 7. The van der Waals surface area contributed by atoms with Gasteiger partial charge in [0.15, 0.2) is 0 Å². The summed E-state index contributed by atoms with van der Waals surface area (Å²) < 4.78 is 12.8. The van der Waals surface area contributed by atoms with E-state index in [4.69, 9.17) is 9.26 Å². The smallest absolute Gasteiger partial charge is 0.412 e. The average molecular weight is 493 g/mol. The number of thiophene rings is 2. The number of carbonyl (C=O) groups is 2. The van der Waals surface area contributed by atoms with Gasteiger partial charge in [-0.2, -0.15) is 0 Å². The summed E-state index contributed by atoms with van der Waals surface area (Å²) in [4.78, 5) is 25.7. The fourth-order valence-corrected chi connectivity index (χ4v) is 6.12. The van der Waals surface area contributed by atoms with Crippen molar-refractivity contribution in [2.45, 2.75) is 38.2 Å². The number of benzene rings is 1. The van der Waals surface area contributed by atoms with Gasteiger partial charge in [0.1, 0.15) is 22.9 Å². The Morgan fingerprint density at radius 3 is 2.59 bits per heavy atom. The van der Waals surface area contributed by atoms with Gasteiger partial charge in [0, 0.05) is 14.3 Å². The quantitative estimate of drug-likeness (QED) is 0.327. The van der Waals surface area contributed by atoms with E-state index in [0.29, 0.717) is 24.2 Å². The van der Waals surface area contributed by atoms with Crippen molar-refractivity contribution in [2.75, 3.05) is 5.32 Å². The summed E-state index contributed by atoms with van der Waals surface area (Å²) in [6, 6.07) is 13.4. The van der Waals surface area contributed by atoms with Crippen LogP contribution in [-0.2, 0) is 14.9 Å². The highest BCUT2D eigenvalue weighted by atomic mass is 32.1. The van der Waals surface area contributed by atoms with Crippen molar-refractivity contribution < 1.29 is 24.0 Å². The van der Waals surface area contributed by atoms with Crippen molar-refractivity contribution in [2.24, 2.45) is 0 Å². The molecule has 1 saturated carbocycles. The van der Waals surface area contributed by atoms with Gasteiger partial charge in [-0.25, -0.2) is 4.79 Å². The number of nitrogens with one attached hydrogen (secondary N) is 1. The topological polar surface area (TPSA) is 102 Å². The minimum Gasteiger partial charge on any atom is -0.481 e. The summed E-state index contributed by atoms with van der Waals surface area (Å²) in [5.41, 5.74) is 1.06. The van der Waals surface area contributed by atoms with Crippen molar-refractivity contribution in [1.29, 1.82) is 0 Å². The van der Waals surface area contributed by atoms with Gasteiger partial charge in [0.2, 0.25) is 5.76 Å². The highest BCUT2D eigenvalue weighted by Crippen LogP contribution is 2.52. The Morgan fingerprint density at radius 1 is 1.18 bits per heavy atom. The lowest BCUT2D eigenvalue weighted by Crippen LogP contribution is -2.17. The van der Waals surface area contributed by atoms with Gasteiger partial charge in [-0.05, 0) is 56.2 Å². The number of aliphatic carboxylic acids is 1. The number of ether oxygens (including phenoxy) is 1. The Kier molecular flexibility index (Phi) is 5.63. The van der Waals surface area contributed by atoms with Crippen LogP contribution in [0.15, 0.2) is 47.0 Å². The second-order valence-electron chi connectivity index (χ2n) is 8.14. The largest absolute Gasteiger partial charge is 0.481 e. The summed E-state index contributed by atoms with van der Waals surface area (Å²) in [5.74, 6) is 5.49. The number of aromatic nitrogens is 1. The molecule has 9 heteroatoms. The fourth-order valence-electron chi connectivity index (χ4n) is 3.63. The summed E-state index contributed by atoms with van der Waals surface area (Å²) in [6.45, 7) is 3.51. The molecule has 2 N–H and O–H groups in total. The number of fused-ring (bicyclic) bond motifs is 1. The van der Waals surface area contributed by atoms with Crippen LogP contribution in [0.5, 0.6) is 0 Å². The SMILES string of the molecule is Cc1noc(C#Cc2cc3sc(C4(C(=O)O)CC4)cc3s2)c1NC(=O)OC(C)c1ccccc1. The lowest BCUT2D eigenvalue weighted by atomic mass is 10.1. The van der Waals surface area contributed by atoms with Gasteiger partial charge in [-0.15, -0.1) is 22.7 Å². The fraction of sp³-hybridized carbons (Fsp3) is 0.240. The molecule has 1 unspecified atom stereocenters. The molecule has 0 aliphatic heterocycles. The van der Waals surface area contributed by atoms with E-state index in [9.17, 15) is 14.7 Å². The van der Waals surface area contributed by atoms with E-state index in [0.717, 1.165) is 24.7 Å². The van der Waals surface area contributed by atoms with Gasteiger partial charge >= 0.3 is 12.1 Å². The predicted molar refractivity (Wildman–Crippen MR) is 130 cm³/mol. The third-order valence-corrected chi connectivity index (χ3v) is 8.19. The molecule has 1 aliphatic carbocycles. The molecule has 7 nitrogen and oxygen atoms in total. The van der Waals surface area contributed by atoms with Crippen LogP contribution in [0.2, 0.25) is 0 Å². The maximum Gasteiger partial charge on any atom is 0.412 e. The first-order chi connectivity index (χ1) is 16.4. The Morgan fingerprint density at radius 2 is 1.91 bits per heavy atom. The maximum atomic E-state index is 12.4. The molecule has 1 aromatic carbocycles. The zero-order valence-electron chi connectivity index (χ0n) is 18.4. The molecule has 1 fully saturated rings. The number of aryl methyl sites for hydroxylation is 1. The van der Waals surface area contributed by atoms with Gasteiger partial charge < -0.3 is 14.4 Å². The minimum absolute atomic E-state index is 0.238. The molecule has 0 spiro atoms. The number of rotatable bonds is 5. The van der Waals surface area contributed by atoms with E-state index in [-0.39, 0.29) is 5.76 Å². The molecule has 0 bridgehead atoms. The van der Waals surface area contributed by atoms with Crippen LogP contribution < -0.4 is 5.32 Å².